The molecule has 0 N–H and O–H groups in total. The number of nitrogens with zero attached hydrogens (tertiary/aromatic N) is 1. The van der Waals surface area contributed by atoms with Crippen LogP contribution in [0.25, 0.3) is 17.0 Å². The Hall–Kier alpha value is -2.03. The average molecular weight is 243 g/mol. The third-order valence-electron chi connectivity index (χ3n) is 3.04. The van der Waals surface area contributed by atoms with Crippen molar-refractivity contribution in [2.75, 3.05) is 7.11 Å². The van der Waals surface area contributed by atoms with Gasteiger partial charge in [-0.1, -0.05) is 12.1 Å². The minimum absolute atomic E-state index is 0.291. The predicted molar refractivity (Wildman–Crippen MR) is 73.7 cm³/mol. The molecule has 1 heterocycles. The maximum Gasteiger partial charge on any atom is 0.338 e. The molecule has 18 heavy (non-hydrogen) atoms. The van der Waals surface area contributed by atoms with E-state index in [4.69, 9.17) is 4.74 Å². The van der Waals surface area contributed by atoms with Gasteiger partial charge in [0.15, 0.2) is 0 Å². The lowest BCUT2D eigenvalue weighted by molar-refractivity contribution is 0.0603. The van der Waals surface area contributed by atoms with Gasteiger partial charge in [0, 0.05) is 23.1 Å². The summed E-state index contributed by atoms with van der Waals surface area (Å²) >= 11 is 0. The number of ether oxygens (including phenoxy) is 1. The van der Waals surface area contributed by atoms with Gasteiger partial charge in [-0.2, -0.15) is 0 Å². The number of hydrogen-bond donors (Lipinski definition) is 0. The quantitative estimate of drug-likeness (QED) is 0.773. The van der Waals surface area contributed by atoms with E-state index in [9.17, 15) is 4.79 Å². The number of allylic oxidation sites excluding steroid dienone is 1. The number of esters is 1. The summed E-state index contributed by atoms with van der Waals surface area (Å²) in [7, 11) is 1.41. The fourth-order valence-electron chi connectivity index (χ4n) is 2.25. The third kappa shape index (κ3) is 1.92. The van der Waals surface area contributed by atoms with E-state index in [0.29, 0.717) is 5.56 Å². The lowest BCUT2D eigenvalue weighted by Crippen LogP contribution is -2.02. The van der Waals surface area contributed by atoms with Crippen molar-refractivity contribution in [2.45, 2.75) is 20.4 Å². The van der Waals surface area contributed by atoms with Gasteiger partial charge < -0.3 is 9.30 Å². The molecule has 0 aliphatic rings. The Morgan fingerprint density at radius 2 is 2.22 bits per heavy atom. The van der Waals surface area contributed by atoms with Crippen LogP contribution in [0.3, 0.4) is 0 Å². The molecule has 0 fully saturated rings. The Labute approximate surface area is 107 Å². The molecule has 0 amide bonds. The van der Waals surface area contributed by atoms with Crippen molar-refractivity contribution >= 4 is 22.9 Å². The Morgan fingerprint density at radius 3 is 2.83 bits per heavy atom. The molecule has 3 nitrogen and oxygen atoms in total. The lowest BCUT2D eigenvalue weighted by atomic mass is 10.1. The second kappa shape index (κ2) is 5.08. The predicted octanol–water partition coefficient (Wildman–Crippen LogP) is 3.48. The molecule has 0 aliphatic carbocycles. The Kier molecular flexibility index (Phi) is 3.51. The number of hydrogen-bond acceptors (Lipinski definition) is 2. The number of benzene rings is 1. The van der Waals surface area contributed by atoms with Gasteiger partial charge >= 0.3 is 5.97 Å². The molecule has 0 radical (unpaired) electrons. The van der Waals surface area contributed by atoms with Crippen LogP contribution in [0, 0.1) is 0 Å². The van der Waals surface area contributed by atoms with Gasteiger partial charge in [0.1, 0.15) is 0 Å². The Bertz CT molecular complexity index is 608. The van der Waals surface area contributed by atoms with Crippen LogP contribution in [0.2, 0.25) is 0 Å². The Balaban J connectivity index is 2.74. The zero-order valence-electron chi connectivity index (χ0n) is 10.9. The monoisotopic (exact) mass is 243 g/mol. The lowest BCUT2D eigenvalue weighted by Gasteiger charge is -2.05. The minimum Gasteiger partial charge on any atom is -0.465 e. The molecule has 3 heteroatoms. The standard InChI is InChI=1S/C15H17NO2/c1-4-7-11-10-13-12(15(17)18-3)8-6-9-14(13)16(11)5-2/h4,6-10H,5H2,1-3H3/b7-4+. The summed E-state index contributed by atoms with van der Waals surface area (Å²) in [6.45, 7) is 4.95. The van der Waals surface area contributed by atoms with E-state index in [2.05, 4.69) is 11.5 Å². The first-order valence-electron chi connectivity index (χ1n) is 6.06. The van der Waals surface area contributed by atoms with Gasteiger partial charge in [0.2, 0.25) is 0 Å². The summed E-state index contributed by atoms with van der Waals surface area (Å²) in [6, 6.07) is 7.75. The summed E-state index contributed by atoms with van der Waals surface area (Å²) in [5.41, 5.74) is 2.79. The van der Waals surface area contributed by atoms with Crippen molar-refractivity contribution in [1.82, 2.24) is 4.57 Å². The summed E-state index contributed by atoms with van der Waals surface area (Å²) < 4.78 is 7.00. The summed E-state index contributed by atoms with van der Waals surface area (Å²) in [5.74, 6) is -0.291. The number of carbonyl (C=O) groups excluding carboxylic acids is 1. The molecule has 2 aromatic rings. The van der Waals surface area contributed by atoms with E-state index >= 15 is 0 Å². The van der Waals surface area contributed by atoms with Crippen LogP contribution in [0.5, 0.6) is 0 Å². The number of rotatable bonds is 3. The van der Waals surface area contributed by atoms with Gasteiger partial charge in [-0.15, -0.1) is 0 Å². The largest absolute Gasteiger partial charge is 0.465 e. The van der Waals surface area contributed by atoms with Crippen molar-refractivity contribution in [1.29, 1.82) is 0 Å². The molecule has 0 aliphatic heterocycles. The van der Waals surface area contributed by atoms with E-state index in [1.165, 1.54) is 7.11 Å². The van der Waals surface area contributed by atoms with Crippen LogP contribution in [-0.4, -0.2) is 17.6 Å². The molecule has 0 saturated heterocycles. The van der Waals surface area contributed by atoms with Crippen LogP contribution in [0.4, 0.5) is 0 Å². The molecule has 0 saturated carbocycles. The number of aromatic nitrogens is 1. The summed E-state index contributed by atoms with van der Waals surface area (Å²) in [6.07, 6.45) is 4.04. The van der Waals surface area contributed by atoms with Crippen molar-refractivity contribution in [2.24, 2.45) is 0 Å². The second-order valence-corrected chi connectivity index (χ2v) is 4.04. The number of fused-ring (bicyclic) bond motifs is 1. The van der Waals surface area contributed by atoms with Gasteiger partial charge in [-0.05, 0) is 38.1 Å². The zero-order chi connectivity index (χ0) is 13.1. The van der Waals surface area contributed by atoms with Crippen LogP contribution in [0.1, 0.15) is 29.9 Å². The smallest absolute Gasteiger partial charge is 0.338 e. The van der Waals surface area contributed by atoms with E-state index in [1.807, 2.05) is 37.3 Å². The van der Waals surface area contributed by atoms with Crippen LogP contribution in [-0.2, 0) is 11.3 Å². The van der Waals surface area contributed by atoms with Gasteiger partial charge in [0.25, 0.3) is 0 Å². The number of methoxy groups -OCH3 is 1. The topological polar surface area (TPSA) is 31.2 Å². The zero-order valence-corrected chi connectivity index (χ0v) is 10.9. The molecular formula is C15H17NO2. The molecule has 0 spiro atoms. The van der Waals surface area contributed by atoms with Crippen LogP contribution in [0.15, 0.2) is 30.3 Å². The van der Waals surface area contributed by atoms with Crippen molar-refractivity contribution in [3.8, 4) is 0 Å². The SMILES string of the molecule is C/C=C/c1cc2c(C(=O)OC)cccc2n1CC. The fraction of sp³-hybridized carbons (Fsp3) is 0.267. The van der Waals surface area contributed by atoms with E-state index < -0.39 is 0 Å². The van der Waals surface area contributed by atoms with Crippen LogP contribution >= 0.6 is 0 Å². The van der Waals surface area contributed by atoms with Crippen molar-refractivity contribution in [3.05, 3.63) is 41.6 Å². The number of aryl methyl sites for hydroxylation is 1. The van der Waals surface area contributed by atoms with Gasteiger partial charge in [-0.25, -0.2) is 4.79 Å². The molecule has 0 unspecified atom stereocenters. The fourth-order valence-corrected chi connectivity index (χ4v) is 2.25. The normalized spacial score (nSPS) is 11.3. The molecule has 1 aromatic carbocycles. The number of carbonyl (C=O) groups is 1. The second-order valence-electron chi connectivity index (χ2n) is 4.04. The first-order valence-corrected chi connectivity index (χ1v) is 6.06. The molecule has 2 rings (SSSR count). The highest BCUT2D eigenvalue weighted by molar-refractivity contribution is 6.04. The van der Waals surface area contributed by atoms with E-state index in [0.717, 1.165) is 23.1 Å². The molecule has 0 atom stereocenters. The maximum absolute atomic E-state index is 11.7. The minimum atomic E-state index is -0.291. The average Bonchev–Trinajstić information content (AvgIpc) is 2.75. The summed E-state index contributed by atoms with van der Waals surface area (Å²) in [4.78, 5) is 11.7. The summed E-state index contributed by atoms with van der Waals surface area (Å²) in [5, 5.41) is 0.944. The van der Waals surface area contributed by atoms with Gasteiger partial charge in [0.05, 0.1) is 12.7 Å². The highest BCUT2D eigenvalue weighted by Gasteiger charge is 2.14. The molecular weight excluding hydrogens is 226 g/mol. The first kappa shape index (κ1) is 12.4. The van der Waals surface area contributed by atoms with E-state index in [-0.39, 0.29) is 5.97 Å². The van der Waals surface area contributed by atoms with Gasteiger partial charge in [-0.3, -0.25) is 0 Å². The van der Waals surface area contributed by atoms with Crippen molar-refractivity contribution < 1.29 is 9.53 Å². The molecule has 0 bridgehead atoms. The van der Waals surface area contributed by atoms with Crippen LogP contribution < -0.4 is 0 Å². The maximum atomic E-state index is 11.7. The third-order valence-corrected chi connectivity index (χ3v) is 3.04. The van der Waals surface area contributed by atoms with E-state index in [1.54, 1.807) is 6.07 Å². The highest BCUT2D eigenvalue weighted by Crippen LogP contribution is 2.25. The Morgan fingerprint density at radius 1 is 1.44 bits per heavy atom. The molecule has 1 aromatic heterocycles. The molecule has 94 valence electrons. The highest BCUT2D eigenvalue weighted by atomic mass is 16.5. The van der Waals surface area contributed by atoms with Crippen molar-refractivity contribution in [3.63, 3.8) is 0 Å². The first-order chi connectivity index (χ1) is 8.72.